The molecule has 4 amide bonds. The van der Waals surface area contributed by atoms with E-state index in [1.54, 1.807) is 6.20 Å². The van der Waals surface area contributed by atoms with Crippen LogP contribution >= 0.6 is 0 Å². The summed E-state index contributed by atoms with van der Waals surface area (Å²) in [6.07, 6.45) is 4.93. The van der Waals surface area contributed by atoms with E-state index in [-0.39, 0.29) is 12.8 Å². The van der Waals surface area contributed by atoms with Gasteiger partial charge in [0.1, 0.15) is 6.04 Å². The Bertz CT molecular complexity index is 1260. The molecule has 2 atom stereocenters. The molecule has 0 saturated carbocycles. The van der Waals surface area contributed by atoms with E-state index in [9.17, 15) is 29.1 Å². The van der Waals surface area contributed by atoms with E-state index in [4.69, 9.17) is 5.73 Å². The largest absolute Gasteiger partial charge is 0.480 e. The molecular weight excluding hydrogens is 484 g/mol. The number of imidazole rings is 1. The number of hydrogen-bond acceptors (Lipinski definition) is 7. The number of amides is 4. The summed E-state index contributed by atoms with van der Waals surface area (Å²) in [6, 6.07) is 5.28. The zero-order valence-electron chi connectivity index (χ0n) is 19.7. The molecule has 3 rings (SSSR count). The van der Waals surface area contributed by atoms with Gasteiger partial charge in [0.2, 0.25) is 23.6 Å². The Labute approximate surface area is 210 Å². The molecule has 14 nitrogen and oxygen atoms in total. The quantitative estimate of drug-likeness (QED) is 0.127. The number of carboxylic acid groups (broad SMARTS) is 1. The maximum atomic E-state index is 12.2. The highest BCUT2D eigenvalue weighted by molar-refractivity contribution is 5.92. The minimum Gasteiger partial charge on any atom is -0.480 e. The Kier molecular flexibility index (Phi) is 9.32. The molecule has 0 aliphatic rings. The monoisotopic (exact) mass is 512 g/mol. The van der Waals surface area contributed by atoms with Gasteiger partial charge in [-0.05, 0) is 11.6 Å². The van der Waals surface area contributed by atoms with Crippen molar-refractivity contribution in [1.82, 2.24) is 36.2 Å². The number of carboxylic acids is 1. The van der Waals surface area contributed by atoms with Gasteiger partial charge in [-0.1, -0.05) is 18.2 Å². The third kappa shape index (κ3) is 8.17. The van der Waals surface area contributed by atoms with Crippen molar-refractivity contribution < 1.29 is 29.1 Å². The van der Waals surface area contributed by atoms with Crippen molar-refractivity contribution >= 4 is 40.5 Å². The van der Waals surface area contributed by atoms with Crippen LogP contribution in [0.4, 0.5) is 0 Å². The molecule has 0 bridgehead atoms. The van der Waals surface area contributed by atoms with Crippen molar-refractivity contribution in [3.8, 4) is 0 Å². The predicted molar refractivity (Wildman–Crippen MR) is 131 cm³/mol. The summed E-state index contributed by atoms with van der Waals surface area (Å²) >= 11 is 0. The number of nitrogens with two attached hydrogens (primary N) is 1. The number of H-pyrrole nitrogens is 2. The highest BCUT2D eigenvalue weighted by Crippen LogP contribution is 2.19. The third-order valence-corrected chi connectivity index (χ3v) is 5.38. The molecule has 9 N–H and O–H groups in total. The van der Waals surface area contributed by atoms with Crippen LogP contribution in [0.25, 0.3) is 10.9 Å². The fourth-order valence-corrected chi connectivity index (χ4v) is 3.47. The lowest BCUT2D eigenvalue weighted by Crippen LogP contribution is -2.49. The Morgan fingerprint density at radius 1 is 0.919 bits per heavy atom. The van der Waals surface area contributed by atoms with E-state index in [0.29, 0.717) is 5.69 Å². The Morgan fingerprint density at radius 3 is 2.27 bits per heavy atom. The van der Waals surface area contributed by atoms with Crippen molar-refractivity contribution in [3.63, 3.8) is 0 Å². The number of rotatable bonds is 13. The molecule has 14 heteroatoms. The Hall–Kier alpha value is -4.72. The second kappa shape index (κ2) is 12.8. The first kappa shape index (κ1) is 26.9. The van der Waals surface area contributed by atoms with Crippen LogP contribution in [-0.4, -0.2) is 81.4 Å². The second-order valence-corrected chi connectivity index (χ2v) is 8.18. The summed E-state index contributed by atoms with van der Waals surface area (Å²) in [6.45, 7) is -1.32. The first-order chi connectivity index (χ1) is 17.7. The standard InChI is InChI=1S/C23H28N8O6/c24-16(6-14-8-25-12-30-14)22(35)29-10-20(33)27-9-19(32)28-11-21(34)31-18(23(36)37)5-13-7-26-17-4-2-1-3-15(13)17/h1-4,7-8,12,16,18,26H,5-6,9-11,24H2,(H,25,30)(H,27,33)(H,28,32)(H,29,35)(H,31,34)(H,36,37)/t16-,18-/m0/s1. The molecule has 2 aromatic heterocycles. The van der Waals surface area contributed by atoms with Gasteiger partial charge in [-0.3, -0.25) is 19.2 Å². The van der Waals surface area contributed by atoms with Gasteiger partial charge < -0.3 is 42.1 Å². The van der Waals surface area contributed by atoms with Crippen molar-refractivity contribution in [2.45, 2.75) is 24.9 Å². The number of fused-ring (bicyclic) bond motifs is 1. The zero-order valence-corrected chi connectivity index (χ0v) is 19.7. The fraction of sp³-hybridized carbons (Fsp3) is 0.304. The molecule has 1 aromatic carbocycles. The summed E-state index contributed by atoms with van der Waals surface area (Å²) < 4.78 is 0. The fourth-order valence-electron chi connectivity index (χ4n) is 3.47. The smallest absolute Gasteiger partial charge is 0.326 e. The maximum absolute atomic E-state index is 12.2. The number of benzene rings is 1. The molecule has 0 radical (unpaired) electrons. The molecular formula is C23H28N8O6. The maximum Gasteiger partial charge on any atom is 0.326 e. The molecule has 3 aromatic rings. The van der Waals surface area contributed by atoms with Gasteiger partial charge >= 0.3 is 5.97 Å². The number of aromatic amines is 2. The van der Waals surface area contributed by atoms with Gasteiger partial charge in [0.05, 0.1) is 32.0 Å². The zero-order chi connectivity index (χ0) is 26.8. The van der Waals surface area contributed by atoms with Gasteiger partial charge in [-0.15, -0.1) is 0 Å². The lowest BCUT2D eigenvalue weighted by Gasteiger charge is -2.15. The molecule has 0 fully saturated rings. The summed E-state index contributed by atoms with van der Waals surface area (Å²) in [7, 11) is 0. The molecule has 0 aliphatic carbocycles. The average molecular weight is 513 g/mol. The van der Waals surface area contributed by atoms with Crippen LogP contribution in [0.3, 0.4) is 0 Å². The first-order valence-electron chi connectivity index (χ1n) is 11.3. The highest BCUT2D eigenvalue weighted by atomic mass is 16.4. The van der Waals surface area contributed by atoms with E-state index in [0.717, 1.165) is 16.5 Å². The van der Waals surface area contributed by atoms with Gasteiger partial charge in [-0.25, -0.2) is 9.78 Å². The third-order valence-electron chi connectivity index (χ3n) is 5.38. The molecule has 2 heterocycles. The second-order valence-electron chi connectivity index (χ2n) is 8.18. The molecule has 37 heavy (non-hydrogen) atoms. The van der Waals surface area contributed by atoms with Crippen molar-refractivity contribution in [3.05, 3.63) is 54.2 Å². The normalized spacial score (nSPS) is 12.4. The number of hydrogen-bond donors (Lipinski definition) is 8. The van der Waals surface area contributed by atoms with Gasteiger partial charge in [0.15, 0.2) is 0 Å². The van der Waals surface area contributed by atoms with Crippen LogP contribution < -0.4 is 27.0 Å². The van der Waals surface area contributed by atoms with Crippen LogP contribution in [0.15, 0.2) is 43.0 Å². The topological polar surface area (TPSA) is 224 Å². The molecule has 0 unspecified atom stereocenters. The average Bonchev–Trinajstić information content (AvgIpc) is 3.54. The highest BCUT2D eigenvalue weighted by Gasteiger charge is 2.22. The van der Waals surface area contributed by atoms with Crippen LogP contribution in [0.2, 0.25) is 0 Å². The van der Waals surface area contributed by atoms with Crippen molar-refractivity contribution in [2.24, 2.45) is 5.73 Å². The van der Waals surface area contributed by atoms with E-state index in [2.05, 4.69) is 36.2 Å². The lowest BCUT2D eigenvalue weighted by molar-refractivity contribution is -0.141. The minimum absolute atomic E-state index is 0.0480. The lowest BCUT2D eigenvalue weighted by atomic mass is 10.1. The van der Waals surface area contributed by atoms with Crippen LogP contribution in [0.5, 0.6) is 0 Å². The van der Waals surface area contributed by atoms with Crippen LogP contribution in [0, 0.1) is 0 Å². The first-order valence-corrected chi connectivity index (χ1v) is 11.3. The van der Waals surface area contributed by atoms with Gasteiger partial charge in [0, 0.05) is 41.8 Å². The summed E-state index contributed by atoms with van der Waals surface area (Å²) in [4.78, 5) is 69.3. The van der Waals surface area contributed by atoms with E-state index in [1.165, 1.54) is 12.5 Å². The van der Waals surface area contributed by atoms with Gasteiger partial charge in [0.25, 0.3) is 0 Å². The molecule has 0 aliphatic heterocycles. The number of aliphatic carboxylic acids is 1. The van der Waals surface area contributed by atoms with E-state index < -0.39 is 61.3 Å². The van der Waals surface area contributed by atoms with Crippen molar-refractivity contribution in [2.75, 3.05) is 19.6 Å². The number of para-hydroxylation sites is 1. The van der Waals surface area contributed by atoms with Crippen LogP contribution in [0.1, 0.15) is 11.3 Å². The number of nitrogens with one attached hydrogen (secondary N) is 6. The number of aromatic nitrogens is 3. The van der Waals surface area contributed by atoms with Gasteiger partial charge in [-0.2, -0.15) is 0 Å². The number of carbonyl (C=O) groups is 5. The summed E-state index contributed by atoms with van der Waals surface area (Å²) in [5.41, 5.74) is 8.01. The Morgan fingerprint density at radius 2 is 1.59 bits per heavy atom. The SMILES string of the molecule is N[C@@H](Cc1cnc[nH]1)C(=O)NCC(=O)NCC(=O)NCC(=O)N[C@@H](Cc1c[nH]c2ccccc12)C(=O)O. The predicted octanol–water partition coefficient (Wildman–Crippen LogP) is -2.08. The van der Waals surface area contributed by atoms with E-state index in [1.807, 2.05) is 24.3 Å². The molecule has 196 valence electrons. The number of nitrogens with zero attached hydrogens (tertiary/aromatic N) is 1. The Balaban J connectivity index is 1.35. The number of carbonyl (C=O) groups excluding carboxylic acids is 4. The summed E-state index contributed by atoms with van der Waals surface area (Å²) in [5, 5.41) is 19.7. The van der Waals surface area contributed by atoms with Crippen molar-refractivity contribution in [1.29, 1.82) is 0 Å². The van der Waals surface area contributed by atoms with Crippen LogP contribution in [-0.2, 0) is 36.8 Å². The molecule has 0 spiro atoms. The molecule has 0 saturated heterocycles. The summed E-state index contributed by atoms with van der Waals surface area (Å²) in [5.74, 6) is -3.78. The van der Waals surface area contributed by atoms with E-state index >= 15 is 0 Å². The minimum atomic E-state index is -1.22.